The molecule has 0 radical (unpaired) electrons. The fraction of sp³-hybridized carbons (Fsp3) is 0.357. The van der Waals surface area contributed by atoms with Gasteiger partial charge in [0.15, 0.2) is 0 Å². The molecule has 0 saturated heterocycles. The van der Waals surface area contributed by atoms with Crippen LogP contribution >= 0.6 is 0 Å². The predicted octanol–water partition coefficient (Wildman–Crippen LogP) is 1.22. The molecule has 5 heteroatoms. The van der Waals surface area contributed by atoms with Crippen LogP contribution in [0.25, 0.3) is 0 Å². The number of hydrazone groups is 1. The van der Waals surface area contributed by atoms with E-state index in [4.69, 9.17) is 0 Å². The van der Waals surface area contributed by atoms with Gasteiger partial charge < -0.3 is 5.32 Å². The van der Waals surface area contributed by atoms with Crippen molar-refractivity contribution in [3.05, 3.63) is 35.4 Å². The van der Waals surface area contributed by atoms with Gasteiger partial charge in [0, 0.05) is 26.4 Å². The largest absolute Gasteiger partial charge is 0.347 e. The molecule has 0 aromatic heterocycles. The summed E-state index contributed by atoms with van der Waals surface area (Å²) in [6.45, 7) is 2.49. The van der Waals surface area contributed by atoms with Gasteiger partial charge in [0.25, 0.3) is 5.91 Å². The molecule has 5 nitrogen and oxygen atoms in total. The van der Waals surface area contributed by atoms with E-state index in [1.807, 2.05) is 31.2 Å². The molecule has 0 spiro atoms. The zero-order valence-electron chi connectivity index (χ0n) is 11.1. The van der Waals surface area contributed by atoms with Crippen LogP contribution < -0.4 is 5.32 Å². The highest BCUT2D eigenvalue weighted by atomic mass is 16.2. The van der Waals surface area contributed by atoms with E-state index in [1.165, 1.54) is 10.6 Å². The molecule has 19 heavy (non-hydrogen) atoms. The van der Waals surface area contributed by atoms with Crippen molar-refractivity contribution in [2.45, 2.75) is 26.3 Å². The SMILES string of the molecule is Cc1ccc(CNC(=O)C2=NN(C)C(=O)CC2)cc1. The smallest absolute Gasteiger partial charge is 0.267 e. The fourth-order valence-electron chi connectivity index (χ4n) is 1.82. The van der Waals surface area contributed by atoms with Gasteiger partial charge in [-0.3, -0.25) is 9.59 Å². The number of amides is 2. The number of nitrogens with zero attached hydrogens (tertiary/aromatic N) is 2. The molecule has 2 amide bonds. The van der Waals surface area contributed by atoms with Crippen molar-refractivity contribution < 1.29 is 9.59 Å². The predicted molar refractivity (Wildman–Crippen MR) is 72.5 cm³/mol. The standard InChI is InChI=1S/C14H17N3O2/c1-10-3-5-11(6-4-10)9-15-14(19)12-7-8-13(18)17(2)16-12/h3-6H,7-9H2,1-2H3,(H,15,19). The average molecular weight is 259 g/mol. The number of hydrogen-bond acceptors (Lipinski definition) is 3. The number of carbonyl (C=O) groups excluding carboxylic acids is 2. The lowest BCUT2D eigenvalue weighted by Crippen LogP contribution is -2.37. The lowest BCUT2D eigenvalue weighted by atomic mass is 10.1. The van der Waals surface area contributed by atoms with Crippen LogP contribution in [0.5, 0.6) is 0 Å². The van der Waals surface area contributed by atoms with Crippen molar-refractivity contribution in [1.82, 2.24) is 10.3 Å². The lowest BCUT2D eigenvalue weighted by Gasteiger charge is -2.18. The summed E-state index contributed by atoms with van der Waals surface area (Å²) in [5, 5.41) is 8.02. The summed E-state index contributed by atoms with van der Waals surface area (Å²) in [6.07, 6.45) is 0.746. The van der Waals surface area contributed by atoms with Gasteiger partial charge in [-0.25, -0.2) is 5.01 Å². The van der Waals surface area contributed by atoms with Crippen LogP contribution in [0.3, 0.4) is 0 Å². The minimum absolute atomic E-state index is 0.0601. The van der Waals surface area contributed by atoms with Crippen LogP contribution in [0.15, 0.2) is 29.4 Å². The van der Waals surface area contributed by atoms with E-state index >= 15 is 0 Å². The maximum atomic E-state index is 11.9. The van der Waals surface area contributed by atoms with E-state index in [2.05, 4.69) is 10.4 Å². The highest BCUT2D eigenvalue weighted by Crippen LogP contribution is 2.07. The topological polar surface area (TPSA) is 61.8 Å². The van der Waals surface area contributed by atoms with Crippen molar-refractivity contribution in [3.63, 3.8) is 0 Å². The van der Waals surface area contributed by atoms with E-state index in [-0.39, 0.29) is 11.8 Å². The summed E-state index contributed by atoms with van der Waals surface area (Å²) in [4.78, 5) is 23.2. The van der Waals surface area contributed by atoms with Crippen molar-refractivity contribution in [1.29, 1.82) is 0 Å². The molecule has 0 bridgehead atoms. The summed E-state index contributed by atoms with van der Waals surface area (Å²) in [5.41, 5.74) is 2.64. The second-order valence-corrected chi connectivity index (χ2v) is 4.63. The van der Waals surface area contributed by atoms with E-state index < -0.39 is 0 Å². The molecule has 1 aliphatic heterocycles. The summed E-state index contributed by atoms with van der Waals surface area (Å²) in [6, 6.07) is 7.97. The Hall–Kier alpha value is -2.17. The third kappa shape index (κ3) is 3.40. The average Bonchev–Trinajstić information content (AvgIpc) is 2.41. The second kappa shape index (κ2) is 5.65. The Balaban J connectivity index is 1.93. The van der Waals surface area contributed by atoms with E-state index in [0.717, 1.165) is 5.56 Å². The molecule has 2 rings (SSSR count). The summed E-state index contributed by atoms with van der Waals surface area (Å²) in [5.74, 6) is -0.269. The van der Waals surface area contributed by atoms with E-state index in [0.29, 0.717) is 25.1 Å². The van der Waals surface area contributed by atoms with Gasteiger partial charge in [0.1, 0.15) is 5.71 Å². The molecule has 0 atom stereocenters. The summed E-state index contributed by atoms with van der Waals surface area (Å²) < 4.78 is 0. The Kier molecular flexibility index (Phi) is 3.94. The lowest BCUT2D eigenvalue weighted by molar-refractivity contribution is -0.130. The van der Waals surface area contributed by atoms with Gasteiger partial charge in [-0.15, -0.1) is 0 Å². The van der Waals surface area contributed by atoms with Gasteiger partial charge in [-0.1, -0.05) is 29.8 Å². The van der Waals surface area contributed by atoms with Gasteiger partial charge in [-0.2, -0.15) is 5.10 Å². The van der Waals surface area contributed by atoms with E-state index in [9.17, 15) is 9.59 Å². The zero-order valence-corrected chi connectivity index (χ0v) is 11.1. The van der Waals surface area contributed by atoms with Crippen LogP contribution in [0.2, 0.25) is 0 Å². The normalized spacial score (nSPS) is 15.2. The zero-order chi connectivity index (χ0) is 13.8. The summed E-state index contributed by atoms with van der Waals surface area (Å²) in [7, 11) is 1.56. The first-order chi connectivity index (χ1) is 9.06. The second-order valence-electron chi connectivity index (χ2n) is 4.63. The van der Waals surface area contributed by atoms with Crippen molar-refractivity contribution in [3.8, 4) is 0 Å². The highest BCUT2D eigenvalue weighted by molar-refractivity contribution is 6.39. The Morgan fingerprint density at radius 1 is 1.32 bits per heavy atom. The maximum absolute atomic E-state index is 11.9. The molecule has 100 valence electrons. The number of nitrogens with one attached hydrogen (secondary N) is 1. The van der Waals surface area contributed by atoms with Gasteiger partial charge in [0.05, 0.1) is 0 Å². The Labute approximate surface area is 112 Å². The quantitative estimate of drug-likeness (QED) is 0.887. The molecule has 1 heterocycles. The molecular formula is C14H17N3O2. The maximum Gasteiger partial charge on any atom is 0.267 e. The molecule has 0 fully saturated rings. The van der Waals surface area contributed by atoms with Crippen LogP contribution in [-0.4, -0.2) is 29.6 Å². The molecule has 1 aromatic rings. The molecule has 0 aliphatic carbocycles. The van der Waals surface area contributed by atoms with Gasteiger partial charge in [0.2, 0.25) is 5.91 Å². The third-order valence-corrected chi connectivity index (χ3v) is 3.04. The Morgan fingerprint density at radius 2 is 2.00 bits per heavy atom. The monoisotopic (exact) mass is 259 g/mol. The first-order valence-electron chi connectivity index (χ1n) is 6.24. The number of hydrogen-bond donors (Lipinski definition) is 1. The molecule has 1 aliphatic rings. The van der Waals surface area contributed by atoms with Gasteiger partial charge >= 0.3 is 0 Å². The number of carbonyl (C=O) groups is 2. The molecule has 1 N–H and O–H groups in total. The van der Waals surface area contributed by atoms with Crippen molar-refractivity contribution in [2.75, 3.05) is 7.05 Å². The number of benzene rings is 1. The first kappa shape index (κ1) is 13.3. The van der Waals surface area contributed by atoms with Crippen LogP contribution in [0.4, 0.5) is 0 Å². The first-order valence-corrected chi connectivity index (χ1v) is 6.24. The number of aryl methyl sites for hydroxylation is 1. The fourth-order valence-corrected chi connectivity index (χ4v) is 1.82. The van der Waals surface area contributed by atoms with Crippen LogP contribution in [-0.2, 0) is 16.1 Å². The molecular weight excluding hydrogens is 242 g/mol. The van der Waals surface area contributed by atoms with Crippen molar-refractivity contribution >= 4 is 17.5 Å². The van der Waals surface area contributed by atoms with Gasteiger partial charge in [-0.05, 0) is 12.5 Å². The van der Waals surface area contributed by atoms with E-state index in [1.54, 1.807) is 7.05 Å². The van der Waals surface area contributed by atoms with Crippen LogP contribution in [0, 0.1) is 6.92 Å². The summed E-state index contributed by atoms with van der Waals surface area (Å²) >= 11 is 0. The minimum atomic E-state index is -0.208. The molecule has 0 saturated carbocycles. The Bertz CT molecular complexity index is 520. The highest BCUT2D eigenvalue weighted by Gasteiger charge is 2.21. The molecule has 1 aromatic carbocycles. The molecule has 0 unspecified atom stereocenters. The van der Waals surface area contributed by atoms with Crippen molar-refractivity contribution in [2.24, 2.45) is 5.10 Å². The third-order valence-electron chi connectivity index (χ3n) is 3.04. The Morgan fingerprint density at radius 3 is 2.63 bits per heavy atom. The minimum Gasteiger partial charge on any atom is -0.347 e. The van der Waals surface area contributed by atoms with Crippen LogP contribution in [0.1, 0.15) is 24.0 Å². The number of rotatable bonds is 3.